The van der Waals surface area contributed by atoms with E-state index in [1.807, 2.05) is 0 Å². The number of hydrogen-bond acceptors (Lipinski definition) is 2. The molecule has 1 fully saturated rings. The number of aldehydes is 1. The maximum atomic E-state index is 12.7. The average Bonchev–Trinajstić information content (AvgIpc) is 3.12. The van der Waals surface area contributed by atoms with Crippen LogP contribution in [0.5, 0.6) is 0 Å². The van der Waals surface area contributed by atoms with E-state index in [4.69, 9.17) is 0 Å². The van der Waals surface area contributed by atoms with Crippen molar-refractivity contribution in [2.75, 3.05) is 0 Å². The number of aromatic nitrogens is 1. The molecule has 2 aromatic carbocycles. The van der Waals surface area contributed by atoms with Gasteiger partial charge in [-0.1, -0.05) is 74.5 Å². The molecule has 1 saturated heterocycles. The molecule has 0 spiro atoms. The van der Waals surface area contributed by atoms with Gasteiger partial charge in [0.15, 0.2) is 0 Å². The minimum atomic E-state index is 0.0588. The summed E-state index contributed by atoms with van der Waals surface area (Å²) < 4.78 is 2.44. The SMILES string of the molecule is CC/C=C/[C@@H](CC)[C@@H]1C[C@H]2c3c(c4ccccc4n3C)C[C@@H]([C@H]1C=O)N2Cc1ccccc1. The highest BCUT2D eigenvalue weighted by molar-refractivity contribution is 5.86. The van der Waals surface area contributed by atoms with Gasteiger partial charge < -0.3 is 9.36 Å². The number of carbonyl (C=O) groups excluding carboxylic acids is 1. The van der Waals surface area contributed by atoms with E-state index < -0.39 is 0 Å². The summed E-state index contributed by atoms with van der Waals surface area (Å²) in [4.78, 5) is 15.3. The molecule has 2 bridgehead atoms. The Hall–Kier alpha value is -2.65. The summed E-state index contributed by atoms with van der Waals surface area (Å²) >= 11 is 0. The van der Waals surface area contributed by atoms with Gasteiger partial charge in [-0.3, -0.25) is 4.90 Å². The van der Waals surface area contributed by atoms with Crippen molar-refractivity contribution in [1.82, 2.24) is 9.47 Å². The number of piperidine rings is 1. The quantitative estimate of drug-likeness (QED) is 0.311. The molecule has 0 unspecified atom stereocenters. The molecule has 3 heterocycles. The summed E-state index contributed by atoms with van der Waals surface area (Å²) in [5.74, 6) is 0.910. The van der Waals surface area contributed by atoms with Crippen LogP contribution in [0.25, 0.3) is 10.9 Å². The molecule has 2 aliphatic rings. The van der Waals surface area contributed by atoms with Crippen molar-refractivity contribution in [3.05, 3.63) is 83.6 Å². The molecule has 1 aromatic heterocycles. The maximum absolute atomic E-state index is 12.7. The minimum Gasteiger partial charge on any atom is -0.346 e. The number of fused-ring (bicyclic) bond motifs is 6. The predicted molar refractivity (Wildman–Crippen MR) is 136 cm³/mol. The highest BCUT2D eigenvalue weighted by Crippen LogP contribution is 2.51. The van der Waals surface area contributed by atoms with E-state index >= 15 is 0 Å². The van der Waals surface area contributed by atoms with Crippen molar-refractivity contribution >= 4 is 17.2 Å². The first-order chi connectivity index (χ1) is 16.2. The highest BCUT2D eigenvalue weighted by Gasteiger charge is 2.49. The van der Waals surface area contributed by atoms with Crippen LogP contribution in [0.3, 0.4) is 0 Å². The smallest absolute Gasteiger partial charge is 0.124 e. The molecule has 3 heteroatoms. The van der Waals surface area contributed by atoms with Crippen molar-refractivity contribution in [2.45, 2.75) is 58.2 Å². The number of benzene rings is 2. The van der Waals surface area contributed by atoms with E-state index in [2.05, 4.69) is 97.1 Å². The summed E-state index contributed by atoms with van der Waals surface area (Å²) in [6, 6.07) is 20.2. The number of rotatable bonds is 7. The van der Waals surface area contributed by atoms with Gasteiger partial charge in [-0.05, 0) is 54.7 Å². The molecule has 3 nitrogen and oxygen atoms in total. The van der Waals surface area contributed by atoms with Gasteiger partial charge in [0.25, 0.3) is 0 Å². The number of allylic oxidation sites excluding steroid dienone is 2. The van der Waals surface area contributed by atoms with Crippen LogP contribution in [0, 0.1) is 17.8 Å². The molecule has 3 aromatic rings. The van der Waals surface area contributed by atoms with Gasteiger partial charge in [-0.2, -0.15) is 0 Å². The van der Waals surface area contributed by atoms with Crippen molar-refractivity contribution in [3.8, 4) is 0 Å². The standard InChI is InChI=1S/C30H36N2O/c1-4-6-14-22(5-2)24-17-29-30-25(23-15-10-11-16-27(23)31(30)3)18-28(26(24)20-33)32(29)19-21-12-8-7-9-13-21/h6-16,20,22,24,26,28-29H,4-5,17-19H2,1-3H3/b14-6+/t22-,24+,26+,28+,29+/m1/s1. The lowest BCUT2D eigenvalue weighted by Gasteiger charge is -2.53. The third-order valence-electron chi connectivity index (χ3n) is 8.26. The van der Waals surface area contributed by atoms with Crippen molar-refractivity contribution in [2.24, 2.45) is 24.8 Å². The topological polar surface area (TPSA) is 25.2 Å². The van der Waals surface area contributed by atoms with Crippen LogP contribution < -0.4 is 0 Å². The molecule has 0 N–H and O–H groups in total. The molecule has 0 amide bonds. The van der Waals surface area contributed by atoms with Gasteiger partial charge in [0.1, 0.15) is 6.29 Å². The average molecular weight is 441 g/mol. The lowest BCUT2D eigenvalue weighted by Crippen LogP contribution is -2.55. The largest absolute Gasteiger partial charge is 0.346 e. The Kier molecular flexibility index (Phi) is 6.25. The van der Waals surface area contributed by atoms with Crippen molar-refractivity contribution < 1.29 is 4.79 Å². The van der Waals surface area contributed by atoms with Crippen LogP contribution >= 0.6 is 0 Å². The van der Waals surface area contributed by atoms with Crippen LogP contribution in [0.4, 0.5) is 0 Å². The maximum Gasteiger partial charge on any atom is 0.124 e. The van der Waals surface area contributed by atoms with Gasteiger partial charge in [-0.25, -0.2) is 0 Å². The molecule has 5 rings (SSSR count). The summed E-state index contributed by atoms with van der Waals surface area (Å²) in [6.45, 7) is 5.37. The molecular formula is C30H36N2O. The van der Waals surface area contributed by atoms with Gasteiger partial charge in [0.2, 0.25) is 0 Å². The van der Waals surface area contributed by atoms with E-state index in [9.17, 15) is 4.79 Å². The van der Waals surface area contributed by atoms with Crippen molar-refractivity contribution in [3.63, 3.8) is 0 Å². The van der Waals surface area contributed by atoms with Gasteiger partial charge in [0, 0.05) is 42.1 Å². The first-order valence-electron chi connectivity index (χ1n) is 12.7. The van der Waals surface area contributed by atoms with Crippen molar-refractivity contribution in [1.29, 1.82) is 0 Å². The summed E-state index contributed by atoms with van der Waals surface area (Å²) in [6.07, 6.45) is 10.1. The summed E-state index contributed by atoms with van der Waals surface area (Å²) in [5.41, 5.74) is 5.57. The number of nitrogens with zero attached hydrogens (tertiary/aromatic N) is 2. The van der Waals surface area contributed by atoms with Crippen LogP contribution in [-0.4, -0.2) is 21.8 Å². The van der Waals surface area contributed by atoms with E-state index in [0.717, 1.165) is 32.2 Å². The number of hydrogen-bond donors (Lipinski definition) is 0. The molecular weight excluding hydrogens is 404 g/mol. The second-order valence-corrected chi connectivity index (χ2v) is 9.91. The van der Waals surface area contributed by atoms with Crippen LogP contribution in [0.1, 0.15) is 56.0 Å². The zero-order chi connectivity index (χ0) is 22.9. The first kappa shape index (κ1) is 22.2. The lowest BCUT2D eigenvalue weighted by atomic mass is 9.65. The third-order valence-corrected chi connectivity index (χ3v) is 8.26. The number of para-hydroxylation sites is 1. The Morgan fingerprint density at radius 3 is 2.55 bits per heavy atom. The Bertz CT molecular complexity index is 1140. The van der Waals surface area contributed by atoms with E-state index in [1.165, 1.54) is 34.0 Å². The summed E-state index contributed by atoms with van der Waals surface area (Å²) in [7, 11) is 2.23. The zero-order valence-corrected chi connectivity index (χ0v) is 20.2. The van der Waals surface area contributed by atoms with E-state index in [0.29, 0.717) is 17.9 Å². The fourth-order valence-electron chi connectivity index (χ4n) is 6.72. The monoisotopic (exact) mass is 440 g/mol. The number of carbonyl (C=O) groups is 1. The molecule has 0 radical (unpaired) electrons. The third kappa shape index (κ3) is 3.77. The Balaban J connectivity index is 1.63. The van der Waals surface area contributed by atoms with Crippen LogP contribution in [0.2, 0.25) is 0 Å². The Morgan fingerprint density at radius 1 is 1.06 bits per heavy atom. The molecule has 172 valence electrons. The van der Waals surface area contributed by atoms with Gasteiger partial charge in [0.05, 0.1) is 6.04 Å². The first-order valence-corrected chi connectivity index (χ1v) is 12.7. The molecule has 0 aliphatic carbocycles. The Labute approximate surface area is 198 Å². The normalized spacial score (nSPS) is 25.9. The van der Waals surface area contributed by atoms with E-state index in [1.54, 1.807) is 0 Å². The van der Waals surface area contributed by atoms with E-state index in [-0.39, 0.29) is 12.0 Å². The van der Waals surface area contributed by atoms with Crippen LogP contribution in [-0.2, 0) is 24.8 Å². The summed E-state index contributed by atoms with van der Waals surface area (Å²) in [5, 5.41) is 1.37. The second kappa shape index (κ2) is 9.30. The second-order valence-electron chi connectivity index (χ2n) is 9.91. The molecule has 0 saturated carbocycles. The van der Waals surface area contributed by atoms with Crippen LogP contribution in [0.15, 0.2) is 66.7 Å². The lowest BCUT2D eigenvalue weighted by molar-refractivity contribution is -0.122. The minimum absolute atomic E-state index is 0.0588. The Morgan fingerprint density at radius 2 is 1.82 bits per heavy atom. The van der Waals surface area contributed by atoms with Gasteiger partial charge in [-0.15, -0.1) is 0 Å². The molecule has 33 heavy (non-hydrogen) atoms. The zero-order valence-electron chi connectivity index (χ0n) is 20.2. The highest BCUT2D eigenvalue weighted by atomic mass is 16.1. The van der Waals surface area contributed by atoms with Gasteiger partial charge >= 0.3 is 0 Å². The predicted octanol–water partition coefficient (Wildman–Crippen LogP) is 6.47. The molecule has 5 atom stereocenters. The molecule has 2 aliphatic heterocycles. The number of aryl methyl sites for hydroxylation is 1. The fraction of sp³-hybridized carbons (Fsp3) is 0.433. The fourth-order valence-corrected chi connectivity index (χ4v) is 6.72.